The lowest BCUT2D eigenvalue weighted by Gasteiger charge is -2.25. The fourth-order valence-corrected chi connectivity index (χ4v) is 6.76. The van der Waals surface area contributed by atoms with Gasteiger partial charge >= 0.3 is 7.82 Å². The minimum Gasteiger partial charge on any atom is -0.385 e. The largest absolute Gasteiger partial charge is 0.647 e. The molecule has 0 saturated carbocycles. The first-order valence-electron chi connectivity index (χ1n) is 13.7. The average molecular weight is 563 g/mol. The van der Waals surface area contributed by atoms with Crippen LogP contribution >= 0.6 is 7.82 Å². The minimum absolute atomic E-state index is 0.478. The molecule has 0 unspecified atom stereocenters. The van der Waals surface area contributed by atoms with Crippen LogP contribution in [-0.2, 0) is 4.57 Å². The fourth-order valence-electron chi connectivity index (χ4n) is 5.12. The summed E-state index contributed by atoms with van der Waals surface area (Å²) in [5, 5.41) is 0. The summed E-state index contributed by atoms with van der Waals surface area (Å²) < 4.78 is 33.6. The number of para-hydroxylation sites is 2. The standard InChI is InChI=1S/C36H35O4P/c1-24-14-12-15-25(2)34(24)38-41(37,39-35-26(3)16-13-17-27(35)4)40-36-28(5)22-23-31(29(36)6)33-21-11-10-20-32(33)30-18-8-7-9-19-30/h7-23H,1-6H3. The second-order valence-electron chi connectivity index (χ2n) is 10.5. The Hall–Kier alpha value is -4.27. The van der Waals surface area contributed by atoms with E-state index in [-0.39, 0.29) is 0 Å². The van der Waals surface area contributed by atoms with Crippen LogP contribution in [0.2, 0.25) is 0 Å². The molecule has 0 spiro atoms. The molecule has 0 aliphatic rings. The average Bonchev–Trinajstić information content (AvgIpc) is 2.96. The maximum atomic E-state index is 14.7. The molecule has 41 heavy (non-hydrogen) atoms. The summed E-state index contributed by atoms with van der Waals surface area (Å²) in [6, 6.07) is 34.2. The van der Waals surface area contributed by atoms with Crippen molar-refractivity contribution in [3.05, 3.63) is 137 Å². The van der Waals surface area contributed by atoms with E-state index in [2.05, 4.69) is 30.3 Å². The number of phosphoric acid groups is 1. The molecule has 5 aromatic rings. The lowest BCUT2D eigenvalue weighted by Crippen LogP contribution is -2.11. The van der Waals surface area contributed by atoms with Crippen LogP contribution in [0.1, 0.15) is 33.4 Å². The van der Waals surface area contributed by atoms with Gasteiger partial charge in [0, 0.05) is 0 Å². The second-order valence-corrected chi connectivity index (χ2v) is 11.9. The third-order valence-electron chi connectivity index (χ3n) is 7.33. The van der Waals surface area contributed by atoms with Crippen LogP contribution < -0.4 is 13.6 Å². The zero-order valence-corrected chi connectivity index (χ0v) is 25.3. The van der Waals surface area contributed by atoms with Crippen molar-refractivity contribution in [2.24, 2.45) is 0 Å². The smallest absolute Gasteiger partial charge is 0.385 e. The maximum Gasteiger partial charge on any atom is 0.647 e. The molecule has 0 heterocycles. The minimum atomic E-state index is -4.23. The molecule has 0 N–H and O–H groups in total. The van der Waals surface area contributed by atoms with Gasteiger partial charge in [-0.1, -0.05) is 103 Å². The van der Waals surface area contributed by atoms with E-state index in [1.165, 1.54) is 0 Å². The molecule has 0 saturated heterocycles. The molecule has 0 amide bonds. The first-order chi connectivity index (χ1) is 19.7. The van der Waals surface area contributed by atoms with Gasteiger partial charge in [0.25, 0.3) is 0 Å². The number of phosphoric ester groups is 1. The second kappa shape index (κ2) is 11.7. The molecule has 0 aliphatic heterocycles. The van der Waals surface area contributed by atoms with Crippen molar-refractivity contribution in [2.45, 2.75) is 41.5 Å². The molecule has 0 aliphatic carbocycles. The molecule has 0 atom stereocenters. The fraction of sp³-hybridized carbons (Fsp3) is 0.167. The zero-order chi connectivity index (χ0) is 29.1. The SMILES string of the molecule is Cc1cccc(C)c1OP(=O)(Oc1c(C)cccc1C)Oc1c(C)ccc(-c2ccccc2-c2ccccc2)c1C. The van der Waals surface area contributed by atoms with Gasteiger partial charge in [-0.15, -0.1) is 0 Å². The lowest BCUT2D eigenvalue weighted by atomic mass is 9.91. The van der Waals surface area contributed by atoms with Crippen LogP contribution in [0.25, 0.3) is 22.3 Å². The summed E-state index contributed by atoms with van der Waals surface area (Å²) in [6.07, 6.45) is 0. The van der Waals surface area contributed by atoms with E-state index < -0.39 is 7.82 Å². The Morgan fingerprint density at radius 3 is 1.39 bits per heavy atom. The first-order valence-corrected chi connectivity index (χ1v) is 15.2. The van der Waals surface area contributed by atoms with Gasteiger partial charge in [-0.05, 0) is 97.2 Å². The van der Waals surface area contributed by atoms with E-state index in [0.29, 0.717) is 17.2 Å². The van der Waals surface area contributed by atoms with E-state index >= 15 is 0 Å². The normalized spacial score (nSPS) is 11.3. The van der Waals surface area contributed by atoms with Gasteiger partial charge < -0.3 is 13.6 Å². The Labute approximate surface area is 243 Å². The zero-order valence-electron chi connectivity index (χ0n) is 24.4. The van der Waals surface area contributed by atoms with Crippen LogP contribution in [0.5, 0.6) is 17.2 Å². The molecule has 4 nitrogen and oxygen atoms in total. The highest BCUT2D eigenvalue weighted by Gasteiger charge is 2.36. The summed E-state index contributed by atoms with van der Waals surface area (Å²) in [6.45, 7) is 11.6. The molecule has 5 heteroatoms. The summed E-state index contributed by atoms with van der Waals surface area (Å²) in [5.74, 6) is 1.46. The molecule has 5 aromatic carbocycles. The Morgan fingerprint density at radius 2 is 0.854 bits per heavy atom. The third kappa shape index (κ3) is 5.94. The lowest BCUT2D eigenvalue weighted by molar-refractivity contribution is 0.294. The predicted octanol–water partition coefficient (Wildman–Crippen LogP) is 10.5. The van der Waals surface area contributed by atoms with Crippen LogP contribution in [-0.4, -0.2) is 0 Å². The van der Waals surface area contributed by atoms with Crippen molar-refractivity contribution in [3.8, 4) is 39.5 Å². The van der Waals surface area contributed by atoms with Crippen molar-refractivity contribution in [3.63, 3.8) is 0 Å². The molecule has 0 fully saturated rings. The molecule has 0 aromatic heterocycles. The van der Waals surface area contributed by atoms with E-state index in [9.17, 15) is 4.57 Å². The molecule has 5 rings (SSSR count). The van der Waals surface area contributed by atoms with Gasteiger partial charge in [-0.2, -0.15) is 4.57 Å². The number of hydrogen-bond donors (Lipinski definition) is 0. The molecular weight excluding hydrogens is 527 g/mol. The van der Waals surface area contributed by atoms with E-state index in [1.54, 1.807) is 0 Å². The van der Waals surface area contributed by atoms with Gasteiger partial charge in [0.1, 0.15) is 17.2 Å². The van der Waals surface area contributed by atoms with Crippen LogP contribution in [0.3, 0.4) is 0 Å². The van der Waals surface area contributed by atoms with E-state index in [0.717, 1.165) is 55.6 Å². The highest BCUT2D eigenvalue weighted by atomic mass is 31.2. The van der Waals surface area contributed by atoms with Gasteiger partial charge in [0.2, 0.25) is 0 Å². The molecular formula is C36H35O4P. The summed E-state index contributed by atoms with van der Waals surface area (Å²) in [7, 11) is -4.23. The van der Waals surface area contributed by atoms with Gasteiger partial charge in [-0.25, -0.2) is 0 Å². The Bertz CT molecular complexity index is 1660. The maximum absolute atomic E-state index is 14.7. The van der Waals surface area contributed by atoms with Crippen molar-refractivity contribution in [1.29, 1.82) is 0 Å². The first kappa shape index (κ1) is 28.3. The highest BCUT2D eigenvalue weighted by Crippen LogP contribution is 2.54. The number of hydrogen-bond acceptors (Lipinski definition) is 4. The van der Waals surface area contributed by atoms with Gasteiger partial charge in [0.15, 0.2) is 0 Å². The monoisotopic (exact) mass is 562 g/mol. The van der Waals surface area contributed by atoms with Gasteiger partial charge in [-0.3, -0.25) is 0 Å². The van der Waals surface area contributed by atoms with Crippen LogP contribution in [0.4, 0.5) is 0 Å². The highest BCUT2D eigenvalue weighted by molar-refractivity contribution is 7.49. The molecule has 0 radical (unpaired) electrons. The summed E-state index contributed by atoms with van der Waals surface area (Å²) in [4.78, 5) is 0. The van der Waals surface area contributed by atoms with Crippen molar-refractivity contribution < 1.29 is 18.1 Å². The Balaban J connectivity index is 1.63. The summed E-state index contributed by atoms with van der Waals surface area (Å²) in [5.41, 5.74) is 9.33. The van der Waals surface area contributed by atoms with E-state index in [1.807, 2.05) is 114 Å². The Kier molecular flexibility index (Phi) is 8.06. The molecule has 208 valence electrons. The summed E-state index contributed by atoms with van der Waals surface area (Å²) >= 11 is 0. The quantitative estimate of drug-likeness (QED) is 0.177. The van der Waals surface area contributed by atoms with Crippen molar-refractivity contribution in [1.82, 2.24) is 0 Å². The third-order valence-corrected chi connectivity index (χ3v) is 8.55. The topological polar surface area (TPSA) is 44.8 Å². The van der Waals surface area contributed by atoms with Crippen LogP contribution in [0, 0.1) is 41.5 Å². The number of aryl methyl sites for hydroxylation is 5. The number of rotatable bonds is 8. The molecule has 0 bridgehead atoms. The van der Waals surface area contributed by atoms with Crippen molar-refractivity contribution >= 4 is 7.82 Å². The van der Waals surface area contributed by atoms with Gasteiger partial charge in [0.05, 0.1) is 0 Å². The van der Waals surface area contributed by atoms with E-state index in [4.69, 9.17) is 13.6 Å². The van der Waals surface area contributed by atoms with Crippen LogP contribution in [0.15, 0.2) is 103 Å². The number of benzene rings is 5. The predicted molar refractivity (Wildman–Crippen MR) is 168 cm³/mol. The van der Waals surface area contributed by atoms with Crippen molar-refractivity contribution in [2.75, 3.05) is 0 Å². The Morgan fingerprint density at radius 1 is 0.415 bits per heavy atom.